The van der Waals surface area contributed by atoms with Gasteiger partial charge in [0.05, 0.1) is 13.2 Å². The van der Waals surface area contributed by atoms with Crippen molar-refractivity contribution in [1.82, 2.24) is 15.5 Å². The smallest absolute Gasteiger partial charge is 0.405 e. The standard InChI is InChI=1S/C19H27F3N4O2S/c1-23-17(24-12-15-4-2-3-5-16(15)28-19(20,21)22)25-13-18(6-11-29-14-18)26-7-9-27-10-8-26/h2-5H,6-14H2,1H3,(H2,23,24,25). The van der Waals surface area contributed by atoms with Gasteiger partial charge in [-0.3, -0.25) is 9.89 Å². The number of benzene rings is 1. The predicted octanol–water partition coefficient (Wildman–Crippen LogP) is 2.46. The molecule has 2 aliphatic heterocycles. The van der Waals surface area contributed by atoms with Crippen LogP contribution in [0.5, 0.6) is 5.75 Å². The Bertz CT molecular complexity index is 690. The summed E-state index contributed by atoms with van der Waals surface area (Å²) < 4.78 is 47.4. The molecule has 2 saturated heterocycles. The van der Waals surface area contributed by atoms with E-state index >= 15 is 0 Å². The number of halogens is 3. The van der Waals surface area contributed by atoms with Crippen molar-refractivity contribution in [2.75, 3.05) is 51.4 Å². The predicted molar refractivity (Wildman–Crippen MR) is 108 cm³/mol. The molecule has 162 valence electrons. The van der Waals surface area contributed by atoms with Gasteiger partial charge in [0.1, 0.15) is 5.75 Å². The molecule has 0 saturated carbocycles. The van der Waals surface area contributed by atoms with E-state index in [-0.39, 0.29) is 17.8 Å². The molecule has 2 heterocycles. The summed E-state index contributed by atoms with van der Waals surface area (Å²) in [5.74, 6) is 2.50. The van der Waals surface area contributed by atoms with Gasteiger partial charge in [0.2, 0.25) is 0 Å². The minimum absolute atomic E-state index is 0.0450. The zero-order chi connectivity index (χ0) is 20.7. The number of thioether (sulfide) groups is 1. The second-order valence-electron chi connectivity index (χ2n) is 7.06. The Labute approximate surface area is 173 Å². The lowest BCUT2D eigenvalue weighted by Gasteiger charge is -2.43. The SMILES string of the molecule is CN=C(NCc1ccccc1OC(F)(F)F)NCC1(N2CCOCC2)CCSC1. The average Bonchev–Trinajstić information content (AvgIpc) is 3.19. The number of para-hydroxylation sites is 1. The number of guanidine groups is 1. The first kappa shape index (κ1) is 22.0. The van der Waals surface area contributed by atoms with E-state index in [1.807, 2.05) is 11.8 Å². The summed E-state index contributed by atoms with van der Waals surface area (Å²) in [6.07, 6.45) is -3.63. The van der Waals surface area contributed by atoms with Gasteiger partial charge in [-0.25, -0.2) is 0 Å². The van der Waals surface area contributed by atoms with Crippen LogP contribution in [0.3, 0.4) is 0 Å². The molecule has 1 aromatic carbocycles. The first-order chi connectivity index (χ1) is 13.9. The van der Waals surface area contributed by atoms with E-state index in [1.54, 1.807) is 19.2 Å². The van der Waals surface area contributed by atoms with Crippen LogP contribution in [-0.4, -0.2) is 74.2 Å². The van der Waals surface area contributed by atoms with Crippen LogP contribution in [-0.2, 0) is 11.3 Å². The number of morpholine rings is 1. The summed E-state index contributed by atoms with van der Waals surface area (Å²) >= 11 is 1.95. The molecule has 1 unspecified atom stereocenters. The third kappa shape index (κ3) is 6.16. The van der Waals surface area contributed by atoms with E-state index in [2.05, 4.69) is 25.3 Å². The number of alkyl halides is 3. The maximum atomic E-state index is 12.6. The first-order valence-electron chi connectivity index (χ1n) is 9.61. The fraction of sp³-hybridized carbons (Fsp3) is 0.632. The Balaban J connectivity index is 1.58. The molecule has 0 bridgehead atoms. The van der Waals surface area contributed by atoms with Crippen LogP contribution in [0.4, 0.5) is 13.2 Å². The quantitative estimate of drug-likeness (QED) is 0.532. The molecule has 6 nitrogen and oxygen atoms in total. The van der Waals surface area contributed by atoms with Crippen molar-refractivity contribution in [2.45, 2.75) is 24.9 Å². The molecule has 2 aliphatic rings. The second-order valence-corrected chi connectivity index (χ2v) is 8.17. The van der Waals surface area contributed by atoms with Gasteiger partial charge in [-0.05, 0) is 18.2 Å². The Kier molecular flexibility index (Phi) is 7.53. The fourth-order valence-corrected chi connectivity index (χ4v) is 5.13. The summed E-state index contributed by atoms with van der Waals surface area (Å²) in [4.78, 5) is 6.72. The van der Waals surface area contributed by atoms with Gasteiger partial charge < -0.3 is 20.1 Å². The molecule has 0 amide bonds. The highest BCUT2D eigenvalue weighted by Crippen LogP contribution is 2.33. The molecular weight excluding hydrogens is 405 g/mol. The minimum Gasteiger partial charge on any atom is -0.405 e. The lowest BCUT2D eigenvalue weighted by atomic mass is 9.95. The normalized spacial score (nSPS) is 23.8. The van der Waals surface area contributed by atoms with Crippen molar-refractivity contribution in [2.24, 2.45) is 4.99 Å². The lowest BCUT2D eigenvalue weighted by Crippen LogP contribution is -2.60. The first-order valence-corrected chi connectivity index (χ1v) is 10.8. The van der Waals surface area contributed by atoms with Crippen LogP contribution >= 0.6 is 11.8 Å². The van der Waals surface area contributed by atoms with Crippen molar-refractivity contribution in [3.63, 3.8) is 0 Å². The van der Waals surface area contributed by atoms with Crippen LogP contribution < -0.4 is 15.4 Å². The number of hydrogen-bond donors (Lipinski definition) is 2. The maximum Gasteiger partial charge on any atom is 0.573 e. The maximum absolute atomic E-state index is 12.6. The number of hydrogen-bond acceptors (Lipinski definition) is 5. The lowest BCUT2D eigenvalue weighted by molar-refractivity contribution is -0.274. The van der Waals surface area contributed by atoms with Crippen molar-refractivity contribution in [1.29, 1.82) is 0 Å². The molecule has 1 aromatic rings. The number of rotatable bonds is 6. The Hall–Kier alpha value is -1.65. The molecule has 10 heteroatoms. The minimum atomic E-state index is -4.72. The van der Waals surface area contributed by atoms with Crippen LogP contribution in [0.25, 0.3) is 0 Å². The van der Waals surface area contributed by atoms with Gasteiger partial charge in [0, 0.05) is 50.1 Å². The van der Waals surface area contributed by atoms with Crippen LogP contribution in [0.15, 0.2) is 29.3 Å². The van der Waals surface area contributed by atoms with E-state index in [1.165, 1.54) is 12.1 Å². The van der Waals surface area contributed by atoms with Gasteiger partial charge in [-0.1, -0.05) is 18.2 Å². The molecule has 2 fully saturated rings. The van der Waals surface area contributed by atoms with Gasteiger partial charge in [-0.2, -0.15) is 11.8 Å². The molecule has 0 aromatic heterocycles. The number of aliphatic imine (C=N–C) groups is 1. The largest absolute Gasteiger partial charge is 0.573 e. The Morgan fingerprint density at radius 3 is 2.69 bits per heavy atom. The highest BCUT2D eigenvalue weighted by molar-refractivity contribution is 7.99. The van der Waals surface area contributed by atoms with Crippen LogP contribution in [0.1, 0.15) is 12.0 Å². The zero-order valence-corrected chi connectivity index (χ0v) is 17.2. The third-order valence-electron chi connectivity index (χ3n) is 5.22. The van der Waals surface area contributed by atoms with Crippen molar-refractivity contribution < 1.29 is 22.6 Å². The number of nitrogens with one attached hydrogen (secondary N) is 2. The van der Waals surface area contributed by atoms with Crippen molar-refractivity contribution in [3.05, 3.63) is 29.8 Å². The summed E-state index contributed by atoms with van der Waals surface area (Å²) in [6.45, 7) is 4.21. The average molecular weight is 433 g/mol. The summed E-state index contributed by atoms with van der Waals surface area (Å²) in [7, 11) is 1.65. The molecular formula is C19H27F3N4O2S. The molecule has 0 aliphatic carbocycles. The molecule has 1 atom stereocenters. The van der Waals surface area contributed by atoms with Crippen molar-refractivity contribution in [3.8, 4) is 5.75 Å². The monoisotopic (exact) mass is 432 g/mol. The molecule has 0 spiro atoms. The third-order valence-corrected chi connectivity index (χ3v) is 6.45. The molecule has 0 radical (unpaired) electrons. The van der Waals surface area contributed by atoms with Gasteiger partial charge in [0.15, 0.2) is 5.96 Å². The van der Waals surface area contributed by atoms with Gasteiger partial charge in [0.25, 0.3) is 0 Å². The molecule has 2 N–H and O–H groups in total. The molecule has 3 rings (SSSR count). The molecule has 29 heavy (non-hydrogen) atoms. The Morgan fingerprint density at radius 2 is 2.03 bits per heavy atom. The Morgan fingerprint density at radius 1 is 1.28 bits per heavy atom. The van der Waals surface area contributed by atoms with Crippen LogP contribution in [0.2, 0.25) is 0 Å². The highest BCUT2D eigenvalue weighted by atomic mass is 32.2. The van der Waals surface area contributed by atoms with E-state index < -0.39 is 6.36 Å². The topological polar surface area (TPSA) is 58.1 Å². The highest BCUT2D eigenvalue weighted by Gasteiger charge is 2.40. The van der Waals surface area contributed by atoms with Gasteiger partial charge >= 0.3 is 6.36 Å². The van der Waals surface area contributed by atoms with E-state index in [9.17, 15) is 13.2 Å². The number of ether oxygens (including phenoxy) is 2. The summed E-state index contributed by atoms with van der Waals surface area (Å²) in [5.41, 5.74) is 0.454. The summed E-state index contributed by atoms with van der Waals surface area (Å²) in [5, 5.41) is 6.46. The fourth-order valence-electron chi connectivity index (χ4n) is 3.66. The van der Waals surface area contributed by atoms with Gasteiger partial charge in [-0.15, -0.1) is 13.2 Å². The second kappa shape index (κ2) is 9.90. The van der Waals surface area contributed by atoms with E-state index in [0.29, 0.717) is 11.5 Å². The van der Waals surface area contributed by atoms with E-state index in [0.717, 1.165) is 50.8 Å². The zero-order valence-electron chi connectivity index (χ0n) is 16.4. The summed E-state index contributed by atoms with van der Waals surface area (Å²) in [6, 6.07) is 6.11. The number of nitrogens with zero attached hydrogens (tertiary/aromatic N) is 2. The van der Waals surface area contributed by atoms with Crippen molar-refractivity contribution >= 4 is 17.7 Å². The van der Waals surface area contributed by atoms with E-state index in [4.69, 9.17) is 4.74 Å². The van der Waals surface area contributed by atoms with Crippen LogP contribution in [0, 0.1) is 0 Å².